The van der Waals surface area contributed by atoms with E-state index in [4.69, 9.17) is 0 Å². The summed E-state index contributed by atoms with van der Waals surface area (Å²) < 4.78 is 0. The van der Waals surface area contributed by atoms with Crippen molar-refractivity contribution in [2.75, 3.05) is 11.9 Å². The standard InChI is InChI=1S/C18H28N2O2S/c1-13(2)23-11-15-7-6-8-16(14(15)3)20-17(21)19-12-18(22)9-4-5-10-18/h6-8,13,22H,4-5,9-12H2,1-3H3,(H2,19,20,21). The second-order valence-electron chi connectivity index (χ2n) is 6.69. The molecule has 23 heavy (non-hydrogen) atoms. The van der Waals surface area contributed by atoms with E-state index in [1.807, 2.05) is 30.8 Å². The molecule has 3 N–H and O–H groups in total. The monoisotopic (exact) mass is 336 g/mol. The maximum absolute atomic E-state index is 12.1. The van der Waals surface area contributed by atoms with Crippen LogP contribution in [0.3, 0.4) is 0 Å². The molecule has 0 saturated heterocycles. The van der Waals surface area contributed by atoms with Crippen LogP contribution in [0.1, 0.15) is 50.7 Å². The lowest BCUT2D eigenvalue weighted by Gasteiger charge is -2.22. The van der Waals surface area contributed by atoms with Crippen molar-refractivity contribution in [3.63, 3.8) is 0 Å². The normalized spacial score (nSPS) is 16.6. The number of carbonyl (C=O) groups is 1. The molecule has 1 fully saturated rings. The Balaban J connectivity index is 1.91. The van der Waals surface area contributed by atoms with E-state index < -0.39 is 5.60 Å². The van der Waals surface area contributed by atoms with Gasteiger partial charge >= 0.3 is 6.03 Å². The molecular formula is C18H28N2O2S. The number of hydrogen-bond acceptors (Lipinski definition) is 3. The van der Waals surface area contributed by atoms with Crippen LogP contribution in [0.15, 0.2) is 18.2 Å². The molecule has 1 aromatic rings. The fraction of sp³-hybridized carbons (Fsp3) is 0.611. The average molecular weight is 337 g/mol. The largest absolute Gasteiger partial charge is 0.388 e. The number of rotatable bonds is 6. The van der Waals surface area contributed by atoms with Gasteiger partial charge in [0.1, 0.15) is 0 Å². The molecule has 1 saturated carbocycles. The van der Waals surface area contributed by atoms with Crippen molar-refractivity contribution < 1.29 is 9.90 Å². The molecule has 4 nitrogen and oxygen atoms in total. The molecule has 2 rings (SSSR count). The van der Waals surface area contributed by atoms with Crippen molar-refractivity contribution in [2.45, 2.75) is 63.1 Å². The Hall–Kier alpha value is -1.20. The summed E-state index contributed by atoms with van der Waals surface area (Å²) in [6.45, 7) is 6.73. The highest BCUT2D eigenvalue weighted by Gasteiger charge is 2.31. The van der Waals surface area contributed by atoms with E-state index in [0.717, 1.165) is 42.7 Å². The maximum atomic E-state index is 12.1. The summed E-state index contributed by atoms with van der Waals surface area (Å²) in [5.74, 6) is 0.945. The Morgan fingerprint density at radius 1 is 1.35 bits per heavy atom. The van der Waals surface area contributed by atoms with Gasteiger partial charge in [-0.05, 0) is 42.2 Å². The van der Waals surface area contributed by atoms with E-state index in [-0.39, 0.29) is 6.03 Å². The quantitative estimate of drug-likeness (QED) is 0.734. The summed E-state index contributed by atoms with van der Waals surface area (Å²) >= 11 is 1.89. The van der Waals surface area contributed by atoms with Crippen LogP contribution in [0.5, 0.6) is 0 Å². The first-order valence-electron chi connectivity index (χ1n) is 8.37. The second-order valence-corrected chi connectivity index (χ2v) is 8.25. The Bertz CT molecular complexity index is 540. The summed E-state index contributed by atoms with van der Waals surface area (Å²) in [5, 5.41) is 16.6. The number of carbonyl (C=O) groups excluding carboxylic acids is 1. The van der Waals surface area contributed by atoms with Crippen molar-refractivity contribution >= 4 is 23.5 Å². The number of anilines is 1. The molecular weight excluding hydrogens is 308 g/mol. The zero-order chi connectivity index (χ0) is 16.9. The fourth-order valence-electron chi connectivity index (χ4n) is 2.85. The van der Waals surface area contributed by atoms with Crippen LogP contribution < -0.4 is 10.6 Å². The molecule has 0 heterocycles. The number of thioether (sulfide) groups is 1. The van der Waals surface area contributed by atoms with Crippen LogP contribution in [-0.4, -0.2) is 28.5 Å². The number of benzene rings is 1. The second kappa shape index (κ2) is 8.06. The van der Waals surface area contributed by atoms with E-state index in [1.54, 1.807) is 0 Å². The minimum absolute atomic E-state index is 0.248. The molecule has 0 atom stereocenters. The van der Waals surface area contributed by atoms with Crippen LogP contribution in [0.25, 0.3) is 0 Å². The smallest absolute Gasteiger partial charge is 0.319 e. The van der Waals surface area contributed by atoms with Gasteiger partial charge in [-0.25, -0.2) is 4.79 Å². The first kappa shape index (κ1) is 18.1. The molecule has 0 bridgehead atoms. The highest BCUT2D eigenvalue weighted by molar-refractivity contribution is 7.99. The fourth-order valence-corrected chi connectivity index (χ4v) is 3.68. The van der Waals surface area contributed by atoms with Gasteiger partial charge in [-0.3, -0.25) is 0 Å². The molecule has 5 heteroatoms. The predicted molar refractivity (Wildman–Crippen MR) is 98.0 cm³/mol. The third kappa shape index (κ3) is 5.43. The summed E-state index contributed by atoms with van der Waals surface area (Å²) in [7, 11) is 0. The number of hydrogen-bond donors (Lipinski definition) is 3. The van der Waals surface area contributed by atoms with Gasteiger partial charge in [0.05, 0.1) is 5.60 Å². The Labute approximate surface area is 143 Å². The van der Waals surface area contributed by atoms with E-state index in [1.165, 1.54) is 5.56 Å². The van der Waals surface area contributed by atoms with E-state index >= 15 is 0 Å². The van der Waals surface area contributed by atoms with Crippen molar-refractivity contribution in [1.29, 1.82) is 0 Å². The number of urea groups is 1. The molecule has 0 unspecified atom stereocenters. The van der Waals surface area contributed by atoms with Gasteiger partial charge in [0.2, 0.25) is 0 Å². The van der Waals surface area contributed by atoms with Gasteiger partial charge < -0.3 is 15.7 Å². The maximum Gasteiger partial charge on any atom is 0.319 e. The van der Waals surface area contributed by atoms with Gasteiger partial charge in [-0.15, -0.1) is 0 Å². The van der Waals surface area contributed by atoms with E-state index in [2.05, 4.69) is 30.5 Å². The molecule has 0 radical (unpaired) electrons. The minimum Gasteiger partial charge on any atom is -0.388 e. The van der Waals surface area contributed by atoms with Crippen LogP contribution in [0.2, 0.25) is 0 Å². The summed E-state index contributed by atoms with van der Waals surface area (Å²) in [5.41, 5.74) is 2.47. The van der Waals surface area contributed by atoms with Crippen molar-refractivity contribution in [3.8, 4) is 0 Å². The lowest BCUT2D eigenvalue weighted by atomic mass is 10.0. The zero-order valence-corrected chi connectivity index (χ0v) is 15.1. The SMILES string of the molecule is Cc1c(CSC(C)C)cccc1NC(=O)NCC1(O)CCCC1. The lowest BCUT2D eigenvalue weighted by Crippen LogP contribution is -2.42. The molecule has 0 spiro atoms. The average Bonchev–Trinajstić information content (AvgIpc) is 2.93. The molecule has 0 aromatic heterocycles. The highest BCUT2D eigenvalue weighted by Crippen LogP contribution is 2.28. The van der Waals surface area contributed by atoms with E-state index in [0.29, 0.717) is 11.8 Å². The number of amides is 2. The van der Waals surface area contributed by atoms with Crippen LogP contribution in [0.4, 0.5) is 10.5 Å². The molecule has 1 aliphatic carbocycles. The van der Waals surface area contributed by atoms with Gasteiger partial charge in [0.25, 0.3) is 0 Å². The minimum atomic E-state index is -0.720. The molecule has 2 amide bonds. The first-order valence-corrected chi connectivity index (χ1v) is 9.42. The van der Waals surface area contributed by atoms with Crippen LogP contribution in [-0.2, 0) is 5.75 Å². The summed E-state index contributed by atoms with van der Waals surface area (Å²) in [6, 6.07) is 5.75. The Morgan fingerprint density at radius 2 is 2.04 bits per heavy atom. The van der Waals surface area contributed by atoms with Gasteiger partial charge in [-0.1, -0.05) is 38.8 Å². The van der Waals surface area contributed by atoms with Crippen LogP contribution >= 0.6 is 11.8 Å². The van der Waals surface area contributed by atoms with Gasteiger partial charge in [-0.2, -0.15) is 11.8 Å². The Kier molecular flexibility index (Phi) is 6.36. The van der Waals surface area contributed by atoms with Gasteiger partial charge in [0, 0.05) is 18.0 Å². The number of aliphatic hydroxyl groups is 1. The molecule has 1 aromatic carbocycles. The molecule has 0 aliphatic heterocycles. The third-order valence-electron chi connectivity index (χ3n) is 4.38. The van der Waals surface area contributed by atoms with Gasteiger partial charge in [0.15, 0.2) is 0 Å². The number of nitrogens with one attached hydrogen (secondary N) is 2. The molecule has 128 valence electrons. The predicted octanol–water partition coefficient (Wildman–Crippen LogP) is 4.06. The summed E-state index contributed by atoms with van der Waals surface area (Å²) in [6.07, 6.45) is 3.62. The zero-order valence-electron chi connectivity index (χ0n) is 14.3. The van der Waals surface area contributed by atoms with E-state index in [9.17, 15) is 9.90 Å². The van der Waals surface area contributed by atoms with Crippen molar-refractivity contribution in [3.05, 3.63) is 29.3 Å². The van der Waals surface area contributed by atoms with Crippen molar-refractivity contribution in [1.82, 2.24) is 5.32 Å². The first-order chi connectivity index (χ1) is 10.9. The highest BCUT2D eigenvalue weighted by atomic mass is 32.2. The summed E-state index contributed by atoms with van der Waals surface area (Å²) in [4.78, 5) is 12.1. The van der Waals surface area contributed by atoms with Crippen molar-refractivity contribution in [2.24, 2.45) is 0 Å². The lowest BCUT2D eigenvalue weighted by molar-refractivity contribution is 0.0506. The van der Waals surface area contributed by atoms with Crippen LogP contribution in [0, 0.1) is 6.92 Å². The third-order valence-corrected chi connectivity index (χ3v) is 5.52. The molecule has 1 aliphatic rings. The Morgan fingerprint density at radius 3 is 2.70 bits per heavy atom. The topological polar surface area (TPSA) is 61.4 Å².